The van der Waals surface area contributed by atoms with Crippen LogP contribution in [0.1, 0.15) is 44.7 Å². The Balaban J connectivity index is 2.04. The highest BCUT2D eigenvalue weighted by molar-refractivity contribution is 6.33. The Morgan fingerprint density at radius 1 is 1.29 bits per heavy atom. The second kappa shape index (κ2) is 5.60. The van der Waals surface area contributed by atoms with Crippen molar-refractivity contribution in [3.63, 3.8) is 0 Å². The summed E-state index contributed by atoms with van der Waals surface area (Å²) < 4.78 is 0. The number of halogens is 2. The van der Waals surface area contributed by atoms with Crippen molar-refractivity contribution in [1.29, 1.82) is 0 Å². The zero-order valence-corrected chi connectivity index (χ0v) is 11.9. The van der Waals surface area contributed by atoms with Gasteiger partial charge in [0, 0.05) is 22.1 Å². The molecule has 0 heterocycles. The lowest BCUT2D eigenvalue weighted by Gasteiger charge is -2.21. The average Bonchev–Trinajstić information content (AvgIpc) is 2.67. The van der Waals surface area contributed by atoms with Crippen LogP contribution in [0.2, 0.25) is 10.0 Å². The van der Waals surface area contributed by atoms with Gasteiger partial charge in [-0.3, -0.25) is 0 Å². The summed E-state index contributed by atoms with van der Waals surface area (Å²) >= 11 is 12.2. The first-order valence-corrected chi connectivity index (χ1v) is 7.03. The Labute approximate surface area is 114 Å². The minimum absolute atomic E-state index is 0.261. The molecule has 0 spiro atoms. The molecule has 1 N–H and O–H groups in total. The Morgan fingerprint density at radius 3 is 2.71 bits per heavy atom. The fourth-order valence-electron chi connectivity index (χ4n) is 2.65. The van der Waals surface area contributed by atoms with E-state index in [1.807, 2.05) is 18.2 Å². The third kappa shape index (κ3) is 3.37. The van der Waals surface area contributed by atoms with Crippen LogP contribution >= 0.6 is 23.2 Å². The number of hydrogen-bond acceptors (Lipinski definition) is 1. The summed E-state index contributed by atoms with van der Waals surface area (Å²) in [6, 6.07) is 6.54. The van der Waals surface area contributed by atoms with Gasteiger partial charge in [0.05, 0.1) is 0 Å². The molecule has 1 aliphatic carbocycles. The Kier molecular flexibility index (Phi) is 4.35. The molecule has 94 valence electrons. The normalized spacial score (nSPS) is 26.1. The van der Waals surface area contributed by atoms with E-state index in [2.05, 4.69) is 19.2 Å². The van der Waals surface area contributed by atoms with Crippen LogP contribution in [0.25, 0.3) is 0 Å². The van der Waals surface area contributed by atoms with Crippen LogP contribution in [0.4, 0.5) is 0 Å². The largest absolute Gasteiger partial charge is 0.307 e. The van der Waals surface area contributed by atoms with Gasteiger partial charge in [-0.25, -0.2) is 0 Å². The highest BCUT2D eigenvalue weighted by atomic mass is 35.5. The van der Waals surface area contributed by atoms with Crippen molar-refractivity contribution in [3.8, 4) is 0 Å². The molecule has 0 radical (unpaired) electrons. The standard InChI is InChI=1S/C14H19Cl2N/c1-9-3-5-12(7-9)17-10(2)13-8-11(15)4-6-14(13)16/h4,6,8-10,12,17H,3,5,7H2,1-2H3. The molecular weight excluding hydrogens is 253 g/mol. The van der Waals surface area contributed by atoms with Crippen molar-refractivity contribution in [3.05, 3.63) is 33.8 Å². The van der Waals surface area contributed by atoms with Crippen molar-refractivity contribution in [1.82, 2.24) is 5.32 Å². The molecule has 3 atom stereocenters. The highest BCUT2D eigenvalue weighted by Gasteiger charge is 2.23. The first-order chi connectivity index (χ1) is 8.06. The third-order valence-electron chi connectivity index (χ3n) is 3.61. The molecule has 1 fully saturated rings. The molecule has 0 saturated heterocycles. The fraction of sp³-hybridized carbons (Fsp3) is 0.571. The third-order valence-corrected chi connectivity index (χ3v) is 4.18. The molecule has 1 nitrogen and oxygen atoms in total. The van der Waals surface area contributed by atoms with Gasteiger partial charge in [0.25, 0.3) is 0 Å². The van der Waals surface area contributed by atoms with Crippen molar-refractivity contribution in [2.45, 2.75) is 45.2 Å². The summed E-state index contributed by atoms with van der Waals surface area (Å²) in [5, 5.41) is 5.19. The van der Waals surface area contributed by atoms with E-state index >= 15 is 0 Å². The van der Waals surface area contributed by atoms with E-state index in [1.54, 1.807) is 0 Å². The van der Waals surface area contributed by atoms with Crippen LogP contribution in [-0.4, -0.2) is 6.04 Å². The summed E-state index contributed by atoms with van der Waals surface area (Å²) in [5.41, 5.74) is 1.10. The first-order valence-electron chi connectivity index (χ1n) is 6.27. The molecule has 0 amide bonds. The maximum atomic E-state index is 6.21. The van der Waals surface area contributed by atoms with Crippen molar-refractivity contribution in [2.24, 2.45) is 5.92 Å². The lowest BCUT2D eigenvalue weighted by atomic mass is 10.1. The first kappa shape index (κ1) is 13.2. The summed E-state index contributed by atoms with van der Waals surface area (Å²) in [4.78, 5) is 0. The van der Waals surface area contributed by atoms with Crippen molar-refractivity contribution >= 4 is 23.2 Å². The fourth-order valence-corrected chi connectivity index (χ4v) is 3.11. The monoisotopic (exact) mass is 271 g/mol. The smallest absolute Gasteiger partial charge is 0.0454 e. The van der Waals surface area contributed by atoms with Crippen LogP contribution < -0.4 is 5.32 Å². The topological polar surface area (TPSA) is 12.0 Å². The van der Waals surface area contributed by atoms with Gasteiger partial charge in [0.15, 0.2) is 0 Å². The zero-order valence-electron chi connectivity index (χ0n) is 10.3. The van der Waals surface area contributed by atoms with Crippen LogP contribution in [0, 0.1) is 5.92 Å². The number of rotatable bonds is 3. The van der Waals surface area contributed by atoms with E-state index in [1.165, 1.54) is 19.3 Å². The van der Waals surface area contributed by atoms with Gasteiger partial charge in [-0.2, -0.15) is 0 Å². The van der Waals surface area contributed by atoms with E-state index in [0.717, 1.165) is 21.5 Å². The van der Waals surface area contributed by atoms with E-state index in [-0.39, 0.29) is 6.04 Å². The molecular formula is C14H19Cl2N. The predicted octanol–water partition coefficient (Wildman–Crippen LogP) is 4.83. The van der Waals surface area contributed by atoms with Crippen LogP contribution in [0.15, 0.2) is 18.2 Å². The molecule has 3 heteroatoms. The van der Waals surface area contributed by atoms with Crippen LogP contribution in [-0.2, 0) is 0 Å². The molecule has 17 heavy (non-hydrogen) atoms. The quantitative estimate of drug-likeness (QED) is 0.830. The van der Waals surface area contributed by atoms with E-state index in [9.17, 15) is 0 Å². The van der Waals surface area contributed by atoms with Gasteiger partial charge in [0.1, 0.15) is 0 Å². The predicted molar refractivity (Wildman–Crippen MR) is 74.8 cm³/mol. The summed E-state index contributed by atoms with van der Waals surface area (Å²) in [6.07, 6.45) is 3.86. The zero-order chi connectivity index (χ0) is 12.4. The van der Waals surface area contributed by atoms with Gasteiger partial charge in [-0.1, -0.05) is 30.1 Å². The van der Waals surface area contributed by atoms with Gasteiger partial charge in [0.2, 0.25) is 0 Å². The van der Waals surface area contributed by atoms with Gasteiger partial charge in [-0.05, 0) is 55.9 Å². The molecule has 0 aromatic heterocycles. The van der Waals surface area contributed by atoms with Crippen molar-refractivity contribution in [2.75, 3.05) is 0 Å². The Bertz CT molecular complexity index is 392. The van der Waals surface area contributed by atoms with Gasteiger partial charge in [-0.15, -0.1) is 0 Å². The second-order valence-electron chi connectivity index (χ2n) is 5.17. The van der Waals surface area contributed by atoms with E-state index in [0.29, 0.717) is 6.04 Å². The van der Waals surface area contributed by atoms with Crippen molar-refractivity contribution < 1.29 is 0 Å². The number of benzene rings is 1. The lowest BCUT2D eigenvalue weighted by molar-refractivity contribution is 0.449. The van der Waals surface area contributed by atoms with Gasteiger partial charge >= 0.3 is 0 Å². The van der Waals surface area contributed by atoms with E-state index in [4.69, 9.17) is 23.2 Å². The molecule has 0 aliphatic heterocycles. The number of hydrogen-bond donors (Lipinski definition) is 1. The highest BCUT2D eigenvalue weighted by Crippen LogP contribution is 2.30. The maximum Gasteiger partial charge on any atom is 0.0454 e. The SMILES string of the molecule is CC1CCC(NC(C)c2cc(Cl)ccc2Cl)C1. The number of nitrogens with one attached hydrogen (secondary N) is 1. The molecule has 1 aromatic rings. The average molecular weight is 272 g/mol. The van der Waals surface area contributed by atoms with Crippen LogP contribution in [0.3, 0.4) is 0 Å². The van der Waals surface area contributed by atoms with Crippen LogP contribution in [0.5, 0.6) is 0 Å². The van der Waals surface area contributed by atoms with E-state index < -0.39 is 0 Å². The lowest BCUT2D eigenvalue weighted by Crippen LogP contribution is -2.29. The second-order valence-corrected chi connectivity index (χ2v) is 6.01. The molecule has 3 unspecified atom stereocenters. The Hall–Kier alpha value is -0.240. The minimum Gasteiger partial charge on any atom is -0.307 e. The molecule has 1 aromatic carbocycles. The van der Waals surface area contributed by atoms with Gasteiger partial charge < -0.3 is 5.32 Å². The maximum absolute atomic E-state index is 6.21. The molecule has 2 rings (SSSR count). The minimum atomic E-state index is 0.261. The summed E-state index contributed by atoms with van der Waals surface area (Å²) in [5.74, 6) is 0.842. The molecule has 1 saturated carbocycles. The Morgan fingerprint density at radius 2 is 2.06 bits per heavy atom. The molecule has 1 aliphatic rings. The summed E-state index contributed by atoms with van der Waals surface area (Å²) in [6.45, 7) is 4.47. The summed E-state index contributed by atoms with van der Waals surface area (Å²) in [7, 11) is 0. The molecule has 0 bridgehead atoms.